The van der Waals surface area contributed by atoms with E-state index in [9.17, 15) is 38.1 Å². The summed E-state index contributed by atoms with van der Waals surface area (Å²) in [6.45, 7) is 7.51. The molecule has 3 rings (SSSR count). The number of rotatable bonds is 11. The van der Waals surface area contributed by atoms with Crippen molar-refractivity contribution in [2.75, 3.05) is 26.2 Å². The molecule has 2 fully saturated rings. The van der Waals surface area contributed by atoms with Crippen LogP contribution in [0.1, 0.15) is 52.5 Å². The van der Waals surface area contributed by atoms with Gasteiger partial charge in [0, 0.05) is 25.0 Å². The lowest BCUT2D eigenvalue weighted by Gasteiger charge is -2.40. The van der Waals surface area contributed by atoms with Gasteiger partial charge in [-0.3, -0.25) is 9.69 Å². The van der Waals surface area contributed by atoms with Gasteiger partial charge in [-0.1, -0.05) is 19.1 Å². The fourth-order valence-electron chi connectivity index (χ4n) is 5.98. The van der Waals surface area contributed by atoms with Crippen LogP contribution in [-0.2, 0) is 16.0 Å². The van der Waals surface area contributed by atoms with Gasteiger partial charge >= 0.3 is 13.2 Å². The van der Waals surface area contributed by atoms with E-state index in [0.29, 0.717) is 31.5 Å². The summed E-state index contributed by atoms with van der Waals surface area (Å²) in [7, 11) is -1.94. The normalized spacial score (nSPS) is 25.3. The van der Waals surface area contributed by atoms with Crippen LogP contribution in [0.3, 0.4) is 0 Å². The van der Waals surface area contributed by atoms with E-state index in [2.05, 4.69) is 11.4 Å². The largest absolute Gasteiger partial charge is 0.475 e. The van der Waals surface area contributed by atoms with Crippen LogP contribution >= 0.6 is 0 Å². The second-order valence-corrected chi connectivity index (χ2v) is 12.3. The standard InChI is InChI=1S/C28H40BF3N4O5/c1-18(12-27(2,3)35-10-9-21(31)15-35)23(14-33)25(37)36-16-22(32)13-28(36,4)17-41-26(38)34-24(29(39)40)11-19-5-7-20(30)8-6-19/h5-8,18,21-24,39-40H,9-13,15-17H2,1-4H3,(H,34,38)/t18?,21-,22+,23?,24+,28-/m1/s1. The number of nitriles is 1. The van der Waals surface area contributed by atoms with E-state index in [0.717, 1.165) is 0 Å². The van der Waals surface area contributed by atoms with Crippen molar-refractivity contribution < 1.29 is 37.5 Å². The minimum absolute atomic E-state index is 0.0248. The number of ether oxygens (including phenoxy) is 1. The predicted molar refractivity (Wildman–Crippen MR) is 146 cm³/mol. The Bertz CT molecular complexity index is 1110. The van der Waals surface area contributed by atoms with Crippen molar-refractivity contribution in [3.05, 3.63) is 35.6 Å². The monoisotopic (exact) mass is 580 g/mol. The van der Waals surface area contributed by atoms with Crippen molar-refractivity contribution in [3.8, 4) is 6.07 Å². The van der Waals surface area contributed by atoms with E-state index < -0.39 is 66.1 Å². The third-order valence-electron chi connectivity index (χ3n) is 8.29. The van der Waals surface area contributed by atoms with Crippen LogP contribution in [0.4, 0.5) is 18.0 Å². The molecule has 41 heavy (non-hydrogen) atoms. The number of carbonyl (C=O) groups is 2. The summed E-state index contributed by atoms with van der Waals surface area (Å²) in [6.07, 6.45) is -2.55. The highest BCUT2D eigenvalue weighted by atomic mass is 19.1. The molecule has 0 radical (unpaired) electrons. The van der Waals surface area contributed by atoms with Crippen LogP contribution in [0, 0.1) is 29.0 Å². The molecule has 2 saturated heterocycles. The number of hydrogen-bond acceptors (Lipinski definition) is 7. The van der Waals surface area contributed by atoms with E-state index in [1.807, 2.05) is 18.7 Å². The number of nitrogens with one attached hydrogen (secondary N) is 1. The highest BCUT2D eigenvalue weighted by Gasteiger charge is 2.49. The Morgan fingerprint density at radius 3 is 2.46 bits per heavy atom. The Morgan fingerprint density at radius 2 is 1.90 bits per heavy atom. The summed E-state index contributed by atoms with van der Waals surface area (Å²) in [5, 5.41) is 31.7. The molecule has 0 saturated carbocycles. The lowest BCUT2D eigenvalue weighted by molar-refractivity contribution is -0.140. The van der Waals surface area contributed by atoms with E-state index in [4.69, 9.17) is 4.74 Å². The van der Waals surface area contributed by atoms with Crippen LogP contribution < -0.4 is 5.32 Å². The number of likely N-dealkylation sites (tertiary alicyclic amines) is 2. The van der Waals surface area contributed by atoms with Gasteiger partial charge in [0.25, 0.3) is 0 Å². The molecule has 2 aliphatic rings. The van der Waals surface area contributed by atoms with E-state index >= 15 is 0 Å². The molecule has 0 spiro atoms. The number of nitrogens with zero attached hydrogens (tertiary/aromatic N) is 3. The van der Waals surface area contributed by atoms with Gasteiger partial charge in [-0.15, -0.1) is 0 Å². The first-order valence-electron chi connectivity index (χ1n) is 13.9. The first kappa shape index (κ1) is 32.7. The molecule has 6 atom stereocenters. The Kier molecular flexibility index (Phi) is 10.7. The SMILES string of the molecule is CC(CC(C)(C)N1CC[C@@H](F)C1)C(C#N)C(=O)N1C[C@@H](F)C[C@]1(C)COC(=O)N[C@@H](Cc1ccc(F)cc1)B(O)O. The Labute approximate surface area is 239 Å². The van der Waals surface area contributed by atoms with Crippen LogP contribution in [0.25, 0.3) is 0 Å². The Morgan fingerprint density at radius 1 is 1.24 bits per heavy atom. The molecule has 1 aromatic carbocycles. The number of alkyl carbamates (subject to hydrolysis) is 1. The molecule has 9 nitrogen and oxygen atoms in total. The number of alkyl halides is 2. The molecule has 0 aromatic heterocycles. The quantitative estimate of drug-likeness (QED) is 0.344. The van der Waals surface area contributed by atoms with Crippen molar-refractivity contribution in [2.24, 2.45) is 11.8 Å². The zero-order valence-electron chi connectivity index (χ0n) is 24.0. The van der Waals surface area contributed by atoms with Gasteiger partial charge in [-0.25, -0.2) is 18.0 Å². The zero-order valence-corrected chi connectivity index (χ0v) is 24.0. The summed E-state index contributed by atoms with van der Waals surface area (Å²) < 4.78 is 46.9. The number of halogens is 3. The maximum Gasteiger partial charge on any atom is 0.475 e. The molecule has 2 heterocycles. The van der Waals surface area contributed by atoms with E-state index in [-0.39, 0.29) is 26.0 Å². The minimum atomic E-state index is -1.94. The van der Waals surface area contributed by atoms with Crippen molar-refractivity contribution in [1.82, 2.24) is 15.1 Å². The van der Waals surface area contributed by atoms with Crippen LogP contribution in [0.5, 0.6) is 0 Å². The van der Waals surface area contributed by atoms with Crippen molar-refractivity contribution >= 4 is 19.1 Å². The lowest BCUT2D eigenvalue weighted by Crippen LogP contribution is -2.53. The number of benzene rings is 1. The number of carbonyl (C=O) groups excluding carboxylic acids is 2. The first-order valence-corrected chi connectivity index (χ1v) is 13.9. The third kappa shape index (κ3) is 8.36. The van der Waals surface area contributed by atoms with E-state index in [1.54, 1.807) is 13.8 Å². The summed E-state index contributed by atoms with van der Waals surface area (Å²) in [5.41, 5.74) is -1.15. The summed E-state index contributed by atoms with van der Waals surface area (Å²) in [4.78, 5) is 29.4. The van der Waals surface area contributed by atoms with Gasteiger partial charge in [0.15, 0.2) is 0 Å². The third-order valence-corrected chi connectivity index (χ3v) is 8.29. The molecule has 2 amide bonds. The van der Waals surface area contributed by atoms with E-state index in [1.165, 1.54) is 29.2 Å². The molecule has 2 aliphatic heterocycles. The molecule has 0 aliphatic carbocycles. The maximum absolute atomic E-state index is 14.7. The van der Waals surface area contributed by atoms with Crippen molar-refractivity contribution in [1.29, 1.82) is 5.26 Å². The van der Waals surface area contributed by atoms with Gasteiger partial charge in [0.1, 0.15) is 30.7 Å². The molecular formula is C28H40BF3N4O5. The van der Waals surface area contributed by atoms with Crippen molar-refractivity contribution in [2.45, 2.75) is 82.7 Å². The second kappa shape index (κ2) is 13.4. The van der Waals surface area contributed by atoms with Crippen LogP contribution in [-0.4, -0.2) is 94.6 Å². The zero-order chi connectivity index (χ0) is 30.5. The molecule has 0 bridgehead atoms. The molecule has 2 unspecified atom stereocenters. The molecule has 226 valence electrons. The fraction of sp³-hybridized carbons (Fsp3) is 0.679. The van der Waals surface area contributed by atoms with Gasteiger partial charge in [-0.05, 0) is 63.6 Å². The van der Waals surface area contributed by atoms with Gasteiger partial charge in [0.05, 0.1) is 24.1 Å². The topological polar surface area (TPSA) is 126 Å². The summed E-state index contributed by atoms with van der Waals surface area (Å²) in [6, 6.07) is 7.37. The number of amides is 2. The molecule has 3 N–H and O–H groups in total. The van der Waals surface area contributed by atoms with Gasteiger partial charge in [0.2, 0.25) is 5.91 Å². The Balaban J connectivity index is 1.63. The Hall–Kier alpha value is -2.82. The highest BCUT2D eigenvalue weighted by molar-refractivity contribution is 6.43. The second-order valence-electron chi connectivity index (χ2n) is 12.3. The van der Waals surface area contributed by atoms with Gasteiger partial charge < -0.3 is 25.0 Å². The summed E-state index contributed by atoms with van der Waals surface area (Å²) >= 11 is 0. The molecular weight excluding hydrogens is 540 g/mol. The average molecular weight is 580 g/mol. The smallest absolute Gasteiger partial charge is 0.447 e. The predicted octanol–water partition coefficient (Wildman–Crippen LogP) is 2.79. The summed E-state index contributed by atoms with van der Waals surface area (Å²) in [5.74, 6) is -3.69. The fourth-order valence-corrected chi connectivity index (χ4v) is 5.98. The van der Waals surface area contributed by atoms with Gasteiger partial charge in [-0.2, -0.15) is 5.26 Å². The van der Waals surface area contributed by atoms with Crippen LogP contribution in [0.2, 0.25) is 0 Å². The maximum atomic E-state index is 14.7. The number of hydrogen-bond donors (Lipinski definition) is 3. The minimum Gasteiger partial charge on any atom is -0.447 e. The average Bonchev–Trinajstić information content (AvgIpc) is 3.46. The first-order chi connectivity index (χ1) is 19.1. The van der Waals surface area contributed by atoms with Crippen LogP contribution in [0.15, 0.2) is 24.3 Å². The highest BCUT2D eigenvalue weighted by Crippen LogP contribution is 2.36. The molecule has 13 heteroatoms. The lowest BCUT2D eigenvalue weighted by atomic mass is 9.76. The molecule has 1 aromatic rings. The van der Waals surface area contributed by atoms with Crippen molar-refractivity contribution in [3.63, 3.8) is 0 Å².